The molecule has 1 aliphatic rings. The second kappa shape index (κ2) is 8.60. The number of ether oxygens (including phenoxy) is 1. The highest BCUT2D eigenvalue weighted by Crippen LogP contribution is 2.26. The van der Waals surface area contributed by atoms with Crippen molar-refractivity contribution in [2.24, 2.45) is 0 Å². The van der Waals surface area contributed by atoms with Crippen LogP contribution in [0, 0.1) is 13.8 Å². The van der Waals surface area contributed by atoms with E-state index in [4.69, 9.17) is 20.8 Å². The summed E-state index contributed by atoms with van der Waals surface area (Å²) in [7, 11) is 0. The number of nitrogens with one attached hydrogen (secondary N) is 1. The van der Waals surface area contributed by atoms with Crippen molar-refractivity contribution in [3.05, 3.63) is 52.4 Å². The van der Waals surface area contributed by atoms with Gasteiger partial charge in [-0.1, -0.05) is 11.6 Å². The number of carbonyl (C=O) groups is 1. The summed E-state index contributed by atoms with van der Waals surface area (Å²) in [5.74, 6) is 1.39. The summed E-state index contributed by atoms with van der Waals surface area (Å²) in [5, 5.41) is 3.70. The molecule has 1 aliphatic heterocycles. The van der Waals surface area contributed by atoms with Crippen LogP contribution in [0.15, 0.2) is 34.9 Å². The van der Waals surface area contributed by atoms with E-state index in [1.54, 1.807) is 6.26 Å². The Hall–Kier alpha value is -1.98. The van der Waals surface area contributed by atoms with Crippen LogP contribution in [0.2, 0.25) is 5.02 Å². The van der Waals surface area contributed by atoms with Gasteiger partial charge in [-0.2, -0.15) is 0 Å². The molecule has 1 N–H and O–H groups in total. The molecule has 1 unspecified atom stereocenters. The maximum atomic E-state index is 12.2. The number of likely N-dealkylation sites (tertiary alicyclic amines) is 1. The van der Waals surface area contributed by atoms with Gasteiger partial charge in [-0.15, -0.1) is 0 Å². The average Bonchev–Trinajstić information content (AvgIpc) is 3.32. The minimum absolute atomic E-state index is 0.0224. The van der Waals surface area contributed by atoms with Crippen LogP contribution >= 0.6 is 11.6 Å². The van der Waals surface area contributed by atoms with Gasteiger partial charge < -0.3 is 14.5 Å². The van der Waals surface area contributed by atoms with Crippen LogP contribution in [0.4, 0.5) is 0 Å². The highest BCUT2D eigenvalue weighted by atomic mass is 35.5. The summed E-state index contributed by atoms with van der Waals surface area (Å²) in [6.45, 7) is 6.39. The lowest BCUT2D eigenvalue weighted by atomic mass is 10.1. The summed E-state index contributed by atoms with van der Waals surface area (Å²) in [5.41, 5.74) is 1.88. The summed E-state index contributed by atoms with van der Waals surface area (Å²) in [6.07, 6.45) is 4.04. The minimum Gasteiger partial charge on any atom is -0.484 e. The summed E-state index contributed by atoms with van der Waals surface area (Å²) in [6, 6.07) is 7.60. The smallest absolute Gasteiger partial charge is 0.258 e. The number of hydrogen-bond acceptors (Lipinski definition) is 4. The van der Waals surface area contributed by atoms with Gasteiger partial charge in [0.15, 0.2) is 6.61 Å². The quantitative estimate of drug-likeness (QED) is 0.796. The molecule has 1 saturated heterocycles. The molecule has 140 valence electrons. The Bertz CT molecular complexity index is 717. The molecule has 2 heterocycles. The zero-order valence-electron chi connectivity index (χ0n) is 15.3. The molecule has 0 aliphatic carbocycles. The van der Waals surface area contributed by atoms with E-state index in [1.807, 2.05) is 38.1 Å². The van der Waals surface area contributed by atoms with Crippen LogP contribution in [0.1, 0.15) is 35.8 Å². The second-order valence-corrected chi connectivity index (χ2v) is 7.12. The molecule has 0 spiro atoms. The van der Waals surface area contributed by atoms with E-state index in [9.17, 15) is 4.79 Å². The Morgan fingerprint density at radius 2 is 2.00 bits per heavy atom. The third kappa shape index (κ3) is 4.59. The molecule has 1 aromatic heterocycles. The molecule has 26 heavy (non-hydrogen) atoms. The Labute approximate surface area is 159 Å². The SMILES string of the molecule is Cc1cc(OCC(=O)NCC(c2ccco2)N2CCCC2)cc(C)c1Cl. The van der Waals surface area contributed by atoms with Crippen molar-refractivity contribution >= 4 is 17.5 Å². The fourth-order valence-corrected chi connectivity index (χ4v) is 3.45. The van der Waals surface area contributed by atoms with Crippen molar-refractivity contribution in [1.29, 1.82) is 0 Å². The number of carbonyl (C=O) groups excluding carboxylic acids is 1. The molecule has 1 amide bonds. The number of hydrogen-bond donors (Lipinski definition) is 1. The predicted octanol–water partition coefficient (Wildman–Crippen LogP) is 3.88. The van der Waals surface area contributed by atoms with Gasteiger partial charge in [0.05, 0.1) is 12.3 Å². The second-order valence-electron chi connectivity index (χ2n) is 6.74. The van der Waals surface area contributed by atoms with E-state index in [0.717, 1.165) is 35.0 Å². The summed E-state index contributed by atoms with van der Waals surface area (Å²) >= 11 is 6.16. The summed E-state index contributed by atoms with van der Waals surface area (Å²) in [4.78, 5) is 14.6. The molecule has 5 nitrogen and oxygen atoms in total. The largest absolute Gasteiger partial charge is 0.484 e. The fourth-order valence-electron chi connectivity index (χ4n) is 3.34. The average molecular weight is 377 g/mol. The van der Waals surface area contributed by atoms with E-state index in [2.05, 4.69) is 10.2 Å². The maximum Gasteiger partial charge on any atom is 0.258 e. The molecule has 2 aromatic rings. The van der Waals surface area contributed by atoms with Crippen molar-refractivity contribution in [2.75, 3.05) is 26.2 Å². The van der Waals surface area contributed by atoms with Crippen LogP contribution < -0.4 is 10.1 Å². The number of furan rings is 1. The van der Waals surface area contributed by atoms with E-state index in [-0.39, 0.29) is 18.6 Å². The zero-order chi connectivity index (χ0) is 18.5. The lowest BCUT2D eigenvalue weighted by molar-refractivity contribution is -0.123. The van der Waals surface area contributed by atoms with Gasteiger partial charge in [0, 0.05) is 11.6 Å². The molecular weight excluding hydrogens is 352 g/mol. The first-order valence-corrected chi connectivity index (χ1v) is 9.36. The number of amides is 1. The number of nitrogens with zero attached hydrogens (tertiary/aromatic N) is 1. The molecule has 3 rings (SSSR count). The Balaban J connectivity index is 1.54. The molecule has 1 aromatic carbocycles. The van der Waals surface area contributed by atoms with Crippen molar-refractivity contribution in [2.45, 2.75) is 32.7 Å². The standard InChI is InChI=1S/C20H25ClN2O3/c1-14-10-16(11-15(2)20(14)21)26-13-19(24)22-12-17(18-6-5-9-25-18)23-7-3-4-8-23/h5-6,9-11,17H,3-4,7-8,12-13H2,1-2H3,(H,22,24). The normalized spacial score (nSPS) is 15.8. The number of benzene rings is 1. The van der Waals surface area contributed by atoms with Gasteiger partial charge in [0.25, 0.3) is 5.91 Å². The molecular formula is C20H25ClN2O3. The van der Waals surface area contributed by atoms with Crippen molar-refractivity contribution in [3.63, 3.8) is 0 Å². The molecule has 6 heteroatoms. The third-order valence-electron chi connectivity index (χ3n) is 4.73. The Morgan fingerprint density at radius 1 is 1.31 bits per heavy atom. The molecule has 1 fully saturated rings. The molecule has 0 saturated carbocycles. The third-order valence-corrected chi connectivity index (χ3v) is 5.32. The first kappa shape index (κ1) is 18.8. The first-order valence-electron chi connectivity index (χ1n) is 8.98. The van der Waals surface area contributed by atoms with E-state index < -0.39 is 0 Å². The van der Waals surface area contributed by atoms with Gasteiger partial charge in [-0.25, -0.2) is 0 Å². The predicted molar refractivity (Wildman–Crippen MR) is 102 cm³/mol. The van der Waals surface area contributed by atoms with E-state index in [0.29, 0.717) is 12.3 Å². The fraction of sp³-hybridized carbons (Fsp3) is 0.450. The Morgan fingerprint density at radius 3 is 2.62 bits per heavy atom. The van der Waals surface area contributed by atoms with Crippen molar-refractivity contribution < 1.29 is 13.9 Å². The van der Waals surface area contributed by atoms with Gasteiger partial charge >= 0.3 is 0 Å². The van der Waals surface area contributed by atoms with Gasteiger partial charge in [-0.05, 0) is 75.2 Å². The maximum absolute atomic E-state index is 12.2. The minimum atomic E-state index is -0.147. The van der Waals surface area contributed by atoms with Crippen LogP contribution in [0.25, 0.3) is 0 Å². The van der Waals surface area contributed by atoms with Crippen LogP contribution in [-0.4, -0.2) is 37.0 Å². The number of rotatable bonds is 7. The molecule has 0 radical (unpaired) electrons. The topological polar surface area (TPSA) is 54.7 Å². The lowest BCUT2D eigenvalue weighted by Gasteiger charge is -2.26. The number of aryl methyl sites for hydroxylation is 2. The molecule has 0 bridgehead atoms. The van der Waals surface area contributed by atoms with Gasteiger partial charge in [-0.3, -0.25) is 9.69 Å². The highest BCUT2D eigenvalue weighted by molar-refractivity contribution is 6.32. The molecule has 1 atom stereocenters. The van der Waals surface area contributed by atoms with Crippen LogP contribution in [0.5, 0.6) is 5.75 Å². The first-order chi connectivity index (χ1) is 12.5. The highest BCUT2D eigenvalue weighted by Gasteiger charge is 2.25. The van der Waals surface area contributed by atoms with Crippen molar-refractivity contribution in [3.8, 4) is 5.75 Å². The van der Waals surface area contributed by atoms with Gasteiger partial charge in [0.2, 0.25) is 0 Å². The van der Waals surface area contributed by atoms with Crippen LogP contribution in [0.3, 0.4) is 0 Å². The van der Waals surface area contributed by atoms with Gasteiger partial charge in [0.1, 0.15) is 11.5 Å². The lowest BCUT2D eigenvalue weighted by Crippen LogP contribution is -2.38. The monoisotopic (exact) mass is 376 g/mol. The Kier molecular flexibility index (Phi) is 6.22. The van der Waals surface area contributed by atoms with E-state index >= 15 is 0 Å². The number of halogens is 1. The zero-order valence-corrected chi connectivity index (χ0v) is 16.0. The summed E-state index contributed by atoms with van der Waals surface area (Å²) < 4.78 is 11.2. The van der Waals surface area contributed by atoms with Crippen LogP contribution in [-0.2, 0) is 4.79 Å². The van der Waals surface area contributed by atoms with Crippen molar-refractivity contribution in [1.82, 2.24) is 10.2 Å². The van der Waals surface area contributed by atoms with E-state index in [1.165, 1.54) is 12.8 Å².